The molecule has 0 aliphatic heterocycles. The van der Waals surface area contributed by atoms with Crippen molar-refractivity contribution >= 4 is 22.0 Å². The maximum absolute atomic E-state index is 5.76. The maximum atomic E-state index is 5.76. The van der Waals surface area contributed by atoms with Crippen LogP contribution in [0.3, 0.4) is 0 Å². The summed E-state index contributed by atoms with van der Waals surface area (Å²) in [5, 5.41) is 2.38. The summed E-state index contributed by atoms with van der Waals surface area (Å²) < 4.78 is 2.11. The van der Waals surface area contributed by atoms with Gasteiger partial charge < -0.3 is 22.7 Å². The van der Waals surface area contributed by atoms with Gasteiger partial charge in [0, 0.05) is 29.3 Å². The number of benzene rings is 1. The van der Waals surface area contributed by atoms with Crippen molar-refractivity contribution in [3.63, 3.8) is 0 Å². The highest BCUT2D eigenvalue weighted by molar-refractivity contribution is 5.86. The predicted octanol–water partition coefficient (Wildman–Crippen LogP) is -0.835. The minimum absolute atomic E-state index is 0. The van der Waals surface area contributed by atoms with Gasteiger partial charge in [-0.1, -0.05) is 0 Å². The molecular weight excluding hydrogens is 264 g/mol. The summed E-state index contributed by atoms with van der Waals surface area (Å²) in [7, 11) is 0. The highest BCUT2D eigenvalue weighted by Gasteiger charge is 2.03. The van der Waals surface area contributed by atoms with Crippen molar-refractivity contribution in [1.29, 1.82) is 0 Å². The normalized spacial score (nSPS) is 10.2. The molecule has 2 aromatic heterocycles. The van der Waals surface area contributed by atoms with Crippen LogP contribution in [0.5, 0.6) is 0 Å². The molecule has 80 valence electrons. The highest BCUT2D eigenvalue weighted by Crippen LogP contribution is 2.16. The summed E-state index contributed by atoms with van der Waals surface area (Å²) >= 11 is 0. The van der Waals surface area contributed by atoms with E-state index in [0.717, 1.165) is 5.69 Å². The summed E-state index contributed by atoms with van der Waals surface area (Å²) in [6.45, 7) is 0. The quantitative estimate of drug-likeness (QED) is 0.324. The third-order valence-electron chi connectivity index (χ3n) is 2.62. The lowest BCUT2D eigenvalue weighted by atomic mass is 10.1. The van der Waals surface area contributed by atoms with Gasteiger partial charge >= 0.3 is 0 Å². The van der Waals surface area contributed by atoms with Gasteiger partial charge in [-0.3, -0.25) is 0 Å². The standard InChI is InChI=1S/C13H10N2.BrH/c14-12-5-4-10-9-15-6-2-1-3-13(15)8-11(10)7-12;/h1-9,14H;1H. The number of aromatic nitrogens is 1. The Morgan fingerprint density at radius 2 is 1.81 bits per heavy atom. The molecule has 0 spiro atoms. The smallest absolute Gasteiger partial charge is 0.211 e. The Morgan fingerprint density at radius 3 is 2.69 bits per heavy atom. The second-order valence-electron chi connectivity index (χ2n) is 3.69. The number of nitrogen functional groups attached to an aromatic ring is 1. The van der Waals surface area contributed by atoms with Crippen LogP contribution in [-0.4, -0.2) is 0 Å². The number of halogens is 1. The fourth-order valence-electron chi connectivity index (χ4n) is 1.85. The number of pyridine rings is 2. The molecule has 3 rings (SSSR count). The van der Waals surface area contributed by atoms with Gasteiger partial charge in [0.05, 0.1) is 0 Å². The van der Waals surface area contributed by atoms with E-state index in [-0.39, 0.29) is 17.0 Å². The SMILES string of the molecule is Nc1ccc2c[n+]3ccccc3cc2c1.[Br-]. The van der Waals surface area contributed by atoms with Crippen molar-refractivity contribution in [3.8, 4) is 0 Å². The van der Waals surface area contributed by atoms with Crippen LogP contribution in [0.15, 0.2) is 54.9 Å². The van der Waals surface area contributed by atoms with Gasteiger partial charge in [0.1, 0.15) is 0 Å². The first-order valence-corrected chi connectivity index (χ1v) is 4.92. The van der Waals surface area contributed by atoms with Crippen molar-refractivity contribution < 1.29 is 21.4 Å². The van der Waals surface area contributed by atoms with E-state index >= 15 is 0 Å². The largest absolute Gasteiger partial charge is 1.00 e. The van der Waals surface area contributed by atoms with Gasteiger partial charge in [-0.15, -0.1) is 0 Å². The molecular formula is C13H11BrN2. The van der Waals surface area contributed by atoms with E-state index in [1.54, 1.807) is 0 Å². The van der Waals surface area contributed by atoms with Crippen LogP contribution in [-0.2, 0) is 0 Å². The summed E-state index contributed by atoms with van der Waals surface area (Å²) in [4.78, 5) is 0. The van der Waals surface area contributed by atoms with Gasteiger partial charge in [-0.25, -0.2) is 0 Å². The van der Waals surface area contributed by atoms with Crippen LogP contribution >= 0.6 is 0 Å². The number of nitrogens with two attached hydrogens (primary N) is 1. The van der Waals surface area contributed by atoms with Crippen molar-refractivity contribution in [3.05, 3.63) is 54.9 Å². The lowest BCUT2D eigenvalue weighted by Crippen LogP contribution is -3.00. The Bertz CT molecular complexity index is 650. The predicted molar refractivity (Wildman–Crippen MR) is 61.5 cm³/mol. The topological polar surface area (TPSA) is 30.1 Å². The van der Waals surface area contributed by atoms with Gasteiger partial charge in [0.15, 0.2) is 12.4 Å². The number of anilines is 1. The van der Waals surface area contributed by atoms with Gasteiger partial charge in [0.25, 0.3) is 0 Å². The Labute approximate surface area is 104 Å². The van der Waals surface area contributed by atoms with E-state index in [1.165, 1.54) is 16.3 Å². The van der Waals surface area contributed by atoms with Crippen molar-refractivity contribution in [2.45, 2.75) is 0 Å². The molecule has 3 aromatic rings. The lowest BCUT2D eigenvalue weighted by molar-refractivity contribution is -0.510. The van der Waals surface area contributed by atoms with Crippen LogP contribution in [0.25, 0.3) is 16.3 Å². The number of fused-ring (bicyclic) bond motifs is 2. The number of rotatable bonds is 0. The average molecular weight is 275 g/mol. The monoisotopic (exact) mass is 274 g/mol. The summed E-state index contributed by atoms with van der Waals surface area (Å²) in [6, 6.07) is 14.3. The van der Waals surface area contributed by atoms with Crippen molar-refractivity contribution in [2.24, 2.45) is 0 Å². The zero-order valence-electron chi connectivity index (χ0n) is 8.60. The molecule has 0 unspecified atom stereocenters. The van der Waals surface area contributed by atoms with Crippen LogP contribution in [0.4, 0.5) is 5.69 Å². The van der Waals surface area contributed by atoms with Crippen LogP contribution < -0.4 is 27.1 Å². The second-order valence-corrected chi connectivity index (χ2v) is 3.69. The average Bonchev–Trinajstić information content (AvgIpc) is 2.26. The Hall–Kier alpha value is -1.61. The minimum Gasteiger partial charge on any atom is -1.00 e. The number of hydrogen-bond donors (Lipinski definition) is 1. The van der Waals surface area contributed by atoms with E-state index < -0.39 is 0 Å². The van der Waals surface area contributed by atoms with Gasteiger partial charge in [0.2, 0.25) is 5.52 Å². The van der Waals surface area contributed by atoms with Crippen LogP contribution in [0.2, 0.25) is 0 Å². The molecule has 0 saturated carbocycles. The third kappa shape index (κ3) is 1.74. The minimum atomic E-state index is 0. The van der Waals surface area contributed by atoms with Gasteiger partial charge in [-0.05, 0) is 29.7 Å². The first-order valence-electron chi connectivity index (χ1n) is 4.92. The Kier molecular flexibility index (Phi) is 2.79. The van der Waals surface area contributed by atoms with Gasteiger partial charge in [-0.2, -0.15) is 4.40 Å². The molecule has 2 N–H and O–H groups in total. The lowest BCUT2D eigenvalue weighted by Gasteiger charge is -1.98. The Morgan fingerprint density at radius 1 is 0.938 bits per heavy atom. The third-order valence-corrected chi connectivity index (χ3v) is 2.62. The van der Waals surface area contributed by atoms with E-state index in [2.05, 4.69) is 22.7 Å². The molecule has 0 aliphatic rings. The first-order chi connectivity index (χ1) is 7.33. The van der Waals surface area contributed by atoms with Crippen LogP contribution in [0.1, 0.15) is 0 Å². The molecule has 0 bridgehead atoms. The van der Waals surface area contributed by atoms with E-state index in [0.29, 0.717) is 0 Å². The van der Waals surface area contributed by atoms with E-state index in [9.17, 15) is 0 Å². The number of nitrogens with zero attached hydrogens (tertiary/aromatic N) is 1. The zero-order valence-corrected chi connectivity index (χ0v) is 10.2. The number of hydrogen-bond acceptors (Lipinski definition) is 1. The van der Waals surface area contributed by atoms with E-state index in [4.69, 9.17) is 5.73 Å². The summed E-state index contributed by atoms with van der Waals surface area (Å²) in [6.07, 6.45) is 4.16. The molecule has 2 nitrogen and oxygen atoms in total. The zero-order chi connectivity index (χ0) is 10.3. The fourth-order valence-corrected chi connectivity index (χ4v) is 1.85. The first kappa shape index (κ1) is 10.9. The molecule has 0 aliphatic carbocycles. The summed E-state index contributed by atoms with van der Waals surface area (Å²) in [5.74, 6) is 0. The maximum Gasteiger partial charge on any atom is 0.211 e. The highest BCUT2D eigenvalue weighted by atomic mass is 79.9. The van der Waals surface area contributed by atoms with E-state index in [1.807, 2.05) is 36.5 Å². The molecule has 0 amide bonds. The molecule has 0 radical (unpaired) electrons. The molecule has 2 heterocycles. The second kappa shape index (κ2) is 4.10. The van der Waals surface area contributed by atoms with Crippen molar-refractivity contribution in [1.82, 2.24) is 0 Å². The molecule has 1 aromatic carbocycles. The molecule has 16 heavy (non-hydrogen) atoms. The summed E-state index contributed by atoms with van der Waals surface area (Å²) in [5.41, 5.74) is 7.75. The van der Waals surface area contributed by atoms with Crippen LogP contribution in [0, 0.1) is 0 Å². The molecule has 0 atom stereocenters. The fraction of sp³-hybridized carbons (Fsp3) is 0. The Balaban J connectivity index is 0.000000963. The van der Waals surface area contributed by atoms with Crippen molar-refractivity contribution in [2.75, 3.05) is 5.73 Å². The molecule has 0 saturated heterocycles. The molecule has 0 fully saturated rings. The molecule has 3 heteroatoms.